The van der Waals surface area contributed by atoms with Crippen LogP contribution in [0.15, 0.2) is 24.7 Å². The number of nitrogens with two attached hydrogens (primary N) is 2. The van der Waals surface area contributed by atoms with Crippen molar-refractivity contribution in [3.05, 3.63) is 30.4 Å². The highest BCUT2D eigenvalue weighted by molar-refractivity contribution is 6.07. The third kappa shape index (κ3) is 3.31. The molecule has 0 atom stereocenters. The maximum absolute atomic E-state index is 12.4. The molecule has 120 valence electrons. The Labute approximate surface area is 133 Å². The number of pyridine rings is 1. The lowest BCUT2D eigenvalue weighted by molar-refractivity contribution is 0.102. The second kappa shape index (κ2) is 6.47. The Kier molecular flexibility index (Phi) is 4.22. The maximum Gasteiger partial charge on any atom is 0.278 e. The van der Waals surface area contributed by atoms with Crippen molar-refractivity contribution >= 4 is 28.9 Å². The molecule has 1 fully saturated rings. The van der Waals surface area contributed by atoms with Crippen LogP contribution in [0.5, 0.6) is 0 Å². The van der Waals surface area contributed by atoms with E-state index in [2.05, 4.69) is 25.2 Å². The molecular weight excluding hydrogens is 294 g/mol. The fourth-order valence-electron chi connectivity index (χ4n) is 2.67. The summed E-state index contributed by atoms with van der Waals surface area (Å²) < 4.78 is 0. The maximum atomic E-state index is 12.4. The fraction of sp³-hybridized carbons (Fsp3) is 0.333. The van der Waals surface area contributed by atoms with E-state index < -0.39 is 5.91 Å². The lowest BCUT2D eigenvalue weighted by Crippen LogP contribution is -2.30. The van der Waals surface area contributed by atoms with Crippen molar-refractivity contribution in [3.63, 3.8) is 0 Å². The van der Waals surface area contributed by atoms with Crippen LogP contribution >= 0.6 is 0 Å². The third-order valence-corrected chi connectivity index (χ3v) is 3.78. The van der Waals surface area contributed by atoms with Crippen LogP contribution in [0, 0.1) is 0 Å². The van der Waals surface area contributed by atoms with Crippen LogP contribution in [0.25, 0.3) is 0 Å². The molecule has 0 radical (unpaired) electrons. The normalized spacial score (nSPS) is 14.5. The lowest BCUT2D eigenvalue weighted by atomic mass is 10.1. The zero-order chi connectivity index (χ0) is 16.2. The number of nitrogens with one attached hydrogen (secondary N) is 1. The molecule has 8 heteroatoms. The molecule has 3 rings (SSSR count). The van der Waals surface area contributed by atoms with Gasteiger partial charge in [-0.15, -0.1) is 0 Å². The molecule has 1 saturated heterocycles. The van der Waals surface area contributed by atoms with Gasteiger partial charge >= 0.3 is 0 Å². The van der Waals surface area contributed by atoms with Gasteiger partial charge in [-0.25, -0.2) is 9.97 Å². The summed E-state index contributed by atoms with van der Waals surface area (Å²) in [7, 11) is 0. The van der Waals surface area contributed by atoms with Crippen LogP contribution in [0.1, 0.15) is 29.8 Å². The summed E-state index contributed by atoms with van der Waals surface area (Å²) in [5.41, 5.74) is 12.9. The zero-order valence-electron chi connectivity index (χ0n) is 12.7. The van der Waals surface area contributed by atoms with E-state index in [0.29, 0.717) is 5.69 Å². The third-order valence-electron chi connectivity index (χ3n) is 3.78. The van der Waals surface area contributed by atoms with Crippen LogP contribution in [-0.2, 0) is 0 Å². The second-order valence-corrected chi connectivity index (χ2v) is 5.42. The van der Waals surface area contributed by atoms with Gasteiger partial charge in [0.1, 0.15) is 5.82 Å². The summed E-state index contributed by atoms with van der Waals surface area (Å²) >= 11 is 0. The molecule has 0 spiro atoms. The Balaban J connectivity index is 1.83. The minimum absolute atomic E-state index is 0.00547. The van der Waals surface area contributed by atoms with Gasteiger partial charge in [0.2, 0.25) is 0 Å². The van der Waals surface area contributed by atoms with E-state index in [0.717, 1.165) is 31.6 Å². The lowest BCUT2D eigenvalue weighted by Gasteiger charge is -2.30. The molecule has 0 aliphatic carbocycles. The average Bonchev–Trinajstić information content (AvgIpc) is 2.56. The number of hydrogen-bond acceptors (Lipinski definition) is 7. The van der Waals surface area contributed by atoms with Crippen molar-refractivity contribution in [2.24, 2.45) is 0 Å². The molecule has 3 heterocycles. The highest BCUT2D eigenvalue weighted by Crippen LogP contribution is 2.27. The van der Waals surface area contributed by atoms with E-state index in [9.17, 15) is 4.79 Å². The molecule has 2 aromatic heterocycles. The number of carbonyl (C=O) groups is 1. The van der Waals surface area contributed by atoms with Gasteiger partial charge in [-0.2, -0.15) is 0 Å². The molecular formula is C15H19N7O. The number of carbonyl (C=O) groups excluding carboxylic acids is 1. The first-order valence-corrected chi connectivity index (χ1v) is 7.53. The van der Waals surface area contributed by atoms with Crippen LogP contribution in [0.2, 0.25) is 0 Å². The summed E-state index contributed by atoms with van der Waals surface area (Å²) in [5.74, 6) is -0.249. The van der Waals surface area contributed by atoms with E-state index in [1.807, 2.05) is 6.07 Å². The summed E-state index contributed by atoms with van der Waals surface area (Å²) in [6, 6.07) is 1.90. The largest absolute Gasteiger partial charge is 0.382 e. The minimum atomic E-state index is -0.429. The Morgan fingerprint density at radius 1 is 1.17 bits per heavy atom. The first-order valence-electron chi connectivity index (χ1n) is 7.53. The van der Waals surface area contributed by atoms with Gasteiger partial charge in [0, 0.05) is 19.3 Å². The Morgan fingerprint density at radius 2 is 1.96 bits per heavy atom. The quantitative estimate of drug-likeness (QED) is 0.779. The topological polar surface area (TPSA) is 123 Å². The minimum Gasteiger partial charge on any atom is -0.382 e. The molecule has 0 aromatic carbocycles. The van der Waals surface area contributed by atoms with Gasteiger partial charge < -0.3 is 21.7 Å². The van der Waals surface area contributed by atoms with E-state index in [-0.39, 0.29) is 17.3 Å². The number of aromatic nitrogens is 3. The molecule has 2 aromatic rings. The summed E-state index contributed by atoms with van der Waals surface area (Å²) in [5, 5.41) is 2.82. The molecule has 1 amide bonds. The Bertz CT molecular complexity index is 713. The zero-order valence-corrected chi connectivity index (χ0v) is 12.7. The van der Waals surface area contributed by atoms with Crippen LogP contribution < -0.4 is 21.7 Å². The molecule has 1 aliphatic heterocycles. The van der Waals surface area contributed by atoms with Crippen molar-refractivity contribution in [2.45, 2.75) is 19.3 Å². The molecule has 23 heavy (non-hydrogen) atoms. The van der Waals surface area contributed by atoms with E-state index in [4.69, 9.17) is 11.5 Å². The SMILES string of the molecule is Nc1cnc(C(=O)Nc2cnccc2N2CCCCC2)c(N)n1. The number of piperidine rings is 1. The van der Waals surface area contributed by atoms with E-state index in [1.54, 1.807) is 12.4 Å². The van der Waals surface area contributed by atoms with Crippen molar-refractivity contribution in [1.29, 1.82) is 0 Å². The predicted octanol–water partition coefficient (Wildman–Crippen LogP) is 1.28. The van der Waals surface area contributed by atoms with Crippen molar-refractivity contribution < 1.29 is 4.79 Å². The van der Waals surface area contributed by atoms with Gasteiger partial charge in [0.25, 0.3) is 5.91 Å². The summed E-state index contributed by atoms with van der Waals surface area (Å²) in [6.07, 6.45) is 8.18. The summed E-state index contributed by atoms with van der Waals surface area (Å²) in [6.45, 7) is 1.94. The highest BCUT2D eigenvalue weighted by atomic mass is 16.1. The second-order valence-electron chi connectivity index (χ2n) is 5.42. The fourth-order valence-corrected chi connectivity index (χ4v) is 2.67. The van der Waals surface area contributed by atoms with Crippen molar-refractivity contribution in [3.8, 4) is 0 Å². The number of anilines is 4. The van der Waals surface area contributed by atoms with Crippen molar-refractivity contribution in [1.82, 2.24) is 15.0 Å². The van der Waals surface area contributed by atoms with Gasteiger partial charge in [0.15, 0.2) is 11.5 Å². The standard InChI is InChI=1S/C15H19N7O/c16-12-9-19-13(14(17)21-12)15(23)20-10-8-18-5-4-11(10)22-6-2-1-3-7-22/h4-5,8-9H,1-3,6-7H2,(H,20,23)(H4,16,17,21). The Morgan fingerprint density at radius 3 is 2.70 bits per heavy atom. The molecule has 8 nitrogen and oxygen atoms in total. The molecule has 0 unspecified atom stereocenters. The van der Waals surface area contributed by atoms with Gasteiger partial charge in [0.05, 0.1) is 23.8 Å². The van der Waals surface area contributed by atoms with Crippen molar-refractivity contribution in [2.75, 3.05) is 34.8 Å². The summed E-state index contributed by atoms with van der Waals surface area (Å²) in [4.78, 5) is 26.6. The molecule has 0 saturated carbocycles. The first kappa shape index (κ1) is 15.0. The highest BCUT2D eigenvalue weighted by Gasteiger charge is 2.18. The van der Waals surface area contributed by atoms with Gasteiger partial charge in [-0.05, 0) is 25.3 Å². The van der Waals surface area contributed by atoms with E-state index >= 15 is 0 Å². The molecule has 1 aliphatic rings. The van der Waals surface area contributed by atoms with Crippen LogP contribution in [0.3, 0.4) is 0 Å². The molecule has 0 bridgehead atoms. The number of nitrogens with zero attached hydrogens (tertiary/aromatic N) is 4. The monoisotopic (exact) mass is 313 g/mol. The molecule has 5 N–H and O–H groups in total. The number of nitrogen functional groups attached to an aromatic ring is 2. The predicted molar refractivity (Wildman–Crippen MR) is 89.1 cm³/mol. The first-order chi connectivity index (χ1) is 11.1. The number of rotatable bonds is 3. The number of hydrogen-bond donors (Lipinski definition) is 3. The Hall–Kier alpha value is -2.90. The van der Waals surface area contributed by atoms with E-state index in [1.165, 1.54) is 12.6 Å². The number of amides is 1. The average molecular weight is 313 g/mol. The van der Waals surface area contributed by atoms with Crippen LogP contribution in [0.4, 0.5) is 23.0 Å². The van der Waals surface area contributed by atoms with Crippen LogP contribution in [-0.4, -0.2) is 33.9 Å². The van der Waals surface area contributed by atoms with Gasteiger partial charge in [-0.3, -0.25) is 9.78 Å². The smallest absolute Gasteiger partial charge is 0.278 e. The van der Waals surface area contributed by atoms with Gasteiger partial charge in [-0.1, -0.05) is 0 Å².